The van der Waals surface area contributed by atoms with Crippen molar-refractivity contribution >= 4 is 44.2 Å². The highest BCUT2D eigenvalue weighted by Crippen LogP contribution is 2.36. The van der Waals surface area contributed by atoms with Gasteiger partial charge in [0.05, 0.1) is 22.9 Å². The molecule has 0 bridgehead atoms. The van der Waals surface area contributed by atoms with Gasteiger partial charge in [-0.15, -0.1) is 0 Å². The molecule has 1 saturated heterocycles. The van der Waals surface area contributed by atoms with Crippen LogP contribution < -0.4 is 9.21 Å². The predicted octanol–water partition coefficient (Wildman–Crippen LogP) is 6.94. The SMILES string of the molecule is CCOC(=O)c1oc2ccc(S(=O)(=O)N(CCc3ccccc3)c3ccccc3N3CCN(C(=O)c4cc(C)ccc4C)CC3)cc2c1C. The van der Waals surface area contributed by atoms with Gasteiger partial charge in [-0.25, -0.2) is 13.2 Å². The Balaban J connectivity index is 1.33. The number of aryl methyl sites for hydroxylation is 3. The number of hydrogen-bond acceptors (Lipinski definition) is 7. The number of para-hydroxylation sites is 2. The highest BCUT2D eigenvalue weighted by atomic mass is 32.2. The lowest BCUT2D eigenvalue weighted by Crippen LogP contribution is -2.49. The van der Waals surface area contributed by atoms with E-state index in [4.69, 9.17) is 9.15 Å². The van der Waals surface area contributed by atoms with E-state index in [9.17, 15) is 18.0 Å². The zero-order valence-corrected chi connectivity index (χ0v) is 29.1. The van der Waals surface area contributed by atoms with E-state index >= 15 is 0 Å². The second-order valence-corrected chi connectivity index (χ2v) is 14.2. The van der Waals surface area contributed by atoms with E-state index in [1.807, 2.05) is 91.5 Å². The monoisotopic (exact) mass is 679 g/mol. The van der Waals surface area contributed by atoms with Gasteiger partial charge in [-0.3, -0.25) is 9.10 Å². The number of rotatable bonds is 10. The first-order chi connectivity index (χ1) is 23.6. The molecule has 1 aliphatic rings. The standard InChI is InChI=1S/C39H41N3O6S/c1-5-47-39(44)37-29(4)33-26-31(17-18-36(33)48-37)49(45,46)42(20-19-30-11-7-6-8-12-30)35-14-10-9-13-34(35)40-21-23-41(24-22-40)38(43)32-25-27(2)15-16-28(32)3/h6-18,25-26H,5,19-24H2,1-4H3. The van der Waals surface area contributed by atoms with Gasteiger partial charge in [0.2, 0.25) is 5.76 Å². The van der Waals surface area contributed by atoms with Crippen LogP contribution in [0.3, 0.4) is 0 Å². The number of nitrogens with zero attached hydrogens (tertiary/aromatic N) is 3. The number of amides is 1. The van der Waals surface area contributed by atoms with E-state index in [0.29, 0.717) is 60.4 Å². The Kier molecular flexibility index (Phi) is 9.78. The molecule has 254 valence electrons. The molecule has 1 aromatic heterocycles. The van der Waals surface area contributed by atoms with E-state index in [2.05, 4.69) is 4.90 Å². The summed E-state index contributed by atoms with van der Waals surface area (Å²) in [4.78, 5) is 30.1. The molecule has 0 unspecified atom stereocenters. The van der Waals surface area contributed by atoms with Crippen LogP contribution in [0.25, 0.3) is 11.0 Å². The summed E-state index contributed by atoms with van der Waals surface area (Å²) >= 11 is 0. The van der Waals surface area contributed by atoms with E-state index in [0.717, 1.165) is 22.4 Å². The first kappa shape index (κ1) is 33.8. The summed E-state index contributed by atoms with van der Waals surface area (Å²) in [5.41, 5.74) is 5.99. The van der Waals surface area contributed by atoms with Crippen molar-refractivity contribution in [3.8, 4) is 0 Å². The molecule has 0 N–H and O–H groups in total. The van der Waals surface area contributed by atoms with Crippen LogP contribution >= 0.6 is 0 Å². The first-order valence-corrected chi connectivity index (χ1v) is 18.0. The molecule has 49 heavy (non-hydrogen) atoms. The van der Waals surface area contributed by atoms with Crippen LogP contribution in [0.15, 0.2) is 100 Å². The van der Waals surface area contributed by atoms with Gasteiger partial charge in [-0.05, 0) is 81.6 Å². The molecule has 9 nitrogen and oxygen atoms in total. The van der Waals surface area contributed by atoms with Crippen LogP contribution in [0.2, 0.25) is 0 Å². The molecule has 1 fully saturated rings. The van der Waals surface area contributed by atoms with E-state index < -0.39 is 16.0 Å². The summed E-state index contributed by atoms with van der Waals surface area (Å²) in [7, 11) is -4.10. The molecule has 4 aromatic carbocycles. The van der Waals surface area contributed by atoms with Crippen molar-refractivity contribution < 1.29 is 27.2 Å². The van der Waals surface area contributed by atoms with Crippen molar-refractivity contribution in [2.75, 3.05) is 48.5 Å². The summed E-state index contributed by atoms with van der Waals surface area (Å²) in [6, 6.07) is 27.9. The Morgan fingerprint density at radius 3 is 2.31 bits per heavy atom. The fourth-order valence-corrected chi connectivity index (χ4v) is 7.86. The molecule has 10 heteroatoms. The number of esters is 1. The van der Waals surface area contributed by atoms with Crippen molar-refractivity contribution in [2.45, 2.75) is 39.0 Å². The Morgan fingerprint density at radius 1 is 0.857 bits per heavy atom. The largest absolute Gasteiger partial charge is 0.460 e. The molecule has 2 heterocycles. The number of benzene rings is 4. The van der Waals surface area contributed by atoms with Crippen LogP contribution in [0.4, 0.5) is 11.4 Å². The number of sulfonamides is 1. The zero-order valence-electron chi connectivity index (χ0n) is 28.3. The number of piperazine rings is 1. The van der Waals surface area contributed by atoms with Gasteiger partial charge in [-0.1, -0.05) is 60.2 Å². The molecule has 0 atom stereocenters. The average Bonchev–Trinajstić information content (AvgIpc) is 3.45. The van der Waals surface area contributed by atoms with Gasteiger partial charge in [0, 0.05) is 49.2 Å². The molecule has 1 aliphatic heterocycles. The normalized spacial score (nSPS) is 13.5. The molecule has 0 aliphatic carbocycles. The summed E-state index contributed by atoms with van der Waals surface area (Å²) in [5, 5.41) is 0.532. The first-order valence-electron chi connectivity index (χ1n) is 16.6. The van der Waals surface area contributed by atoms with Crippen LogP contribution in [-0.2, 0) is 21.2 Å². The molecule has 0 saturated carbocycles. The number of fused-ring (bicyclic) bond motifs is 1. The highest BCUT2D eigenvalue weighted by Gasteiger charge is 2.31. The quantitative estimate of drug-likeness (QED) is 0.148. The number of carbonyl (C=O) groups is 2. The molecule has 0 radical (unpaired) electrons. The molecule has 1 amide bonds. The molecular formula is C39H41N3O6S. The van der Waals surface area contributed by atoms with Crippen LogP contribution in [-0.4, -0.2) is 64.5 Å². The molecule has 0 spiro atoms. The van der Waals surface area contributed by atoms with Gasteiger partial charge in [0.1, 0.15) is 5.58 Å². The Bertz CT molecular complexity index is 2100. The predicted molar refractivity (Wildman–Crippen MR) is 192 cm³/mol. The molecule has 5 aromatic rings. The maximum Gasteiger partial charge on any atom is 0.374 e. The number of hydrogen-bond donors (Lipinski definition) is 0. The molecule has 6 rings (SSSR count). The summed E-state index contributed by atoms with van der Waals surface area (Å²) < 4.78 is 41.8. The van der Waals surface area contributed by atoms with Crippen molar-refractivity contribution in [1.29, 1.82) is 0 Å². The van der Waals surface area contributed by atoms with Crippen molar-refractivity contribution in [3.05, 3.63) is 125 Å². The highest BCUT2D eigenvalue weighted by molar-refractivity contribution is 7.92. The van der Waals surface area contributed by atoms with Crippen LogP contribution in [0.5, 0.6) is 0 Å². The smallest absolute Gasteiger partial charge is 0.374 e. The third-order valence-corrected chi connectivity index (χ3v) is 10.9. The third-order valence-electron chi connectivity index (χ3n) is 9.08. The fraction of sp³-hybridized carbons (Fsp3) is 0.282. The van der Waals surface area contributed by atoms with Gasteiger partial charge >= 0.3 is 5.97 Å². The number of ether oxygens (including phenoxy) is 1. The van der Waals surface area contributed by atoms with E-state index in [1.54, 1.807) is 26.0 Å². The minimum absolute atomic E-state index is 0.0113. The maximum atomic E-state index is 14.7. The molecular weight excluding hydrogens is 639 g/mol. The van der Waals surface area contributed by atoms with Crippen molar-refractivity contribution in [1.82, 2.24) is 4.90 Å². The zero-order chi connectivity index (χ0) is 34.7. The Morgan fingerprint density at radius 2 is 1.57 bits per heavy atom. The van der Waals surface area contributed by atoms with Gasteiger partial charge < -0.3 is 19.0 Å². The van der Waals surface area contributed by atoms with E-state index in [-0.39, 0.29) is 29.7 Å². The third kappa shape index (κ3) is 6.91. The van der Waals surface area contributed by atoms with Crippen LogP contribution in [0, 0.1) is 20.8 Å². The topological polar surface area (TPSA) is 100 Å². The summed E-state index contributed by atoms with van der Waals surface area (Å²) in [6.07, 6.45) is 0.493. The second-order valence-electron chi connectivity index (χ2n) is 12.3. The Hall–Kier alpha value is -5.09. The average molecular weight is 680 g/mol. The number of anilines is 2. The van der Waals surface area contributed by atoms with Gasteiger partial charge in [-0.2, -0.15) is 0 Å². The fourth-order valence-electron chi connectivity index (χ4n) is 6.35. The minimum atomic E-state index is -4.10. The number of carbonyl (C=O) groups excluding carboxylic acids is 2. The lowest BCUT2D eigenvalue weighted by molar-refractivity contribution is 0.0491. The second kappa shape index (κ2) is 14.2. The lowest BCUT2D eigenvalue weighted by atomic mass is 10.0. The van der Waals surface area contributed by atoms with E-state index in [1.165, 1.54) is 10.4 Å². The summed E-state index contributed by atoms with van der Waals surface area (Å²) in [6.45, 7) is 9.90. The van der Waals surface area contributed by atoms with Crippen molar-refractivity contribution in [3.63, 3.8) is 0 Å². The lowest BCUT2D eigenvalue weighted by Gasteiger charge is -2.38. The van der Waals surface area contributed by atoms with Crippen LogP contribution in [0.1, 0.15) is 50.1 Å². The number of furan rings is 1. The van der Waals surface area contributed by atoms with Crippen molar-refractivity contribution in [2.24, 2.45) is 0 Å². The maximum absolute atomic E-state index is 14.7. The van der Waals surface area contributed by atoms with Gasteiger partial charge in [0.25, 0.3) is 15.9 Å². The summed E-state index contributed by atoms with van der Waals surface area (Å²) in [5.74, 6) is -0.514. The van der Waals surface area contributed by atoms with Gasteiger partial charge in [0.15, 0.2) is 0 Å². The minimum Gasteiger partial charge on any atom is -0.460 e. The Labute approximate surface area is 287 Å².